The first kappa shape index (κ1) is 15.3. The van der Waals surface area contributed by atoms with Crippen molar-refractivity contribution in [2.24, 2.45) is 5.92 Å². The highest BCUT2D eigenvalue weighted by molar-refractivity contribution is 14.1. The molecule has 0 unspecified atom stereocenters. The van der Waals surface area contributed by atoms with Crippen LogP contribution in [0.3, 0.4) is 0 Å². The first-order valence-electron chi connectivity index (χ1n) is 6.19. The number of halogens is 2. The van der Waals surface area contributed by atoms with E-state index in [0.717, 1.165) is 21.2 Å². The standard InChI is InChI=1S/C14H15ClIN3O/c1-7(2)5-10-12(16)13(17)19-14(18-10)8-3-4-11(20)9(15)6-8/h3-4,6-7,20H,5H2,1-2H3,(H2,17,18,19). The van der Waals surface area contributed by atoms with Crippen molar-refractivity contribution in [3.05, 3.63) is 32.5 Å². The van der Waals surface area contributed by atoms with Crippen molar-refractivity contribution in [2.45, 2.75) is 20.3 Å². The molecular formula is C14H15ClIN3O. The van der Waals surface area contributed by atoms with Crippen LogP contribution >= 0.6 is 34.2 Å². The minimum Gasteiger partial charge on any atom is -0.506 e. The number of aromatic hydroxyl groups is 1. The fraction of sp³-hybridized carbons (Fsp3) is 0.286. The van der Waals surface area contributed by atoms with Gasteiger partial charge < -0.3 is 10.8 Å². The molecule has 0 saturated carbocycles. The molecule has 0 radical (unpaired) electrons. The minimum atomic E-state index is 0.0382. The van der Waals surface area contributed by atoms with Gasteiger partial charge in [0.2, 0.25) is 0 Å². The van der Waals surface area contributed by atoms with Crippen molar-refractivity contribution in [2.75, 3.05) is 5.73 Å². The third-order valence-electron chi connectivity index (χ3n) is 2.75. The maximum Gasteiger partial charge on any atom is 0.161 e. The molecule has 1 aromatic heterocycles. The maximum atomic E-state index is 9.46. The summed E-state index contributed by atoms with van der Waals surface area (Å²) in [6, 6.07) is 4.89. The first-order chi connectivity index (χ1) is 9.38. The summed E-state index contributed by atoms with van der Waals surface area (Å²) >= 11 is 8.09. The number of rotatable bonds is 3. The summed E-state index contributed by atoms with van der Waals surface area (Å²) in [5.41, 5.74) is 7.64. The number of phenolic OH excluding ortho intramolecular Hbond substituents is 1. The van der Waals surface area contributed by atoms with Crippen LogP contribution in [-0.2, 0) is 6.42 Å². The van der Waals surface area contributed by atoms with Gasteiger partial charge in [-0.05, 0) is 53.1 Å². The summed E-state index contributed by atoms with van der Waals surface area (Å²) in [6.45, 7) is 4.26. The molecule has 0 fully saturated rings. The Kier molecular flexibility index (Phi) is 4.70. The number of nitrogens with two attached hydrogens (primary N) is 1. The van der Waals surface area contributed by atoms with Gasteiger partial charge in [0.15, 0.2) is 5.82 Å². The minimum absolute atomic E-state index is 0.0382. The van der Waals surface area contributed by atoms with Gasteiger partial charge in [0, 0.05) is 5.56 Å². The molecule has 3 N–H and O–H groups in total. The van der Waals surface area contributed by atoms with Crippen LogP contribution < -0.4 is 5.73 Å². The van der Waals surface area contributed by atoms with Crippen LogP contribution in [0.15, 0.2) is 18.2 Å². The SMILES string of the molecule is CC(C)Cc1nc(-c2ccc(O)c(Cl)c2)nc(N)c1I. The number of hydrogen-bond acceptors (Lipinski definition) is 4. The topological polar surface area (TPSA) is 72.0 Å². The van der Waals surface area contributed by atoms with Gasteiger partial charge in [-0.1, -0.05) is 25.4 Å². The predicted molar refractivity (Wildman–Crippen MR) is 89.8 cm³/mol. The van der Waals surface area contributed by atoms with E-state index >= 15 is 0 Å². The molecule has 20 heavy (non-hydrogen) atoms. The van der Waals surface area contributed by atoms with Gasteiger partial charge >= 0.3 is 0 Å². The number of anilines is 1. The lowest BCUT2D eigenvalue weighted by Crippen LogP contribution is -2.07. The lowest BCUT2D eigenvalue weighted by atomic mass is 10.1. The van der Waals surface area contributed by atoms with Crippen LogP contribution in [0.1, 0.15) is 19.5 Å². The molecule has 2 aromatic rings. The van der Waals surface area contributed by atoms with E-state index < -0.39 is 0 Å². The molecule has 0 amide bonds. The molecule has 4 nitrogen and oxygen atoms in total. The van der Waals surface area contributed by atoms with Crippen molar-refractivity contribution in [1.82, 2.24) is 9.97 Å². The lowest BCUT2D eigenvalue weighted by Gasteiger charge is -2.11. The number of nitrogen functional groups attached to an aromatic ring is 1. The summed E-state index contributed by atoms with van der Waals surface area (Å²) < 4.78 is 0.893. The number of hydrogen-bond donors (Lipinski definition) is 2. The van der Waals surface area contributed by atoms with E-state index in [2.05, 4.69) is 46.4 Å². The molecule has 0 aliphatic carbocycles. The number of benzene rings is 1. The Morgan fingerprint density at radius 3 is 2.65 bits per heavy atom. The second kappa shape index (κ2) is 6.13. The third kappa shape index (κ3) is 3.32. The quantitative estimate of drug-likeness (QED) is 0.763. The Morgan fingerprint density at radius 2 is 2.05 bits per heavy atom. The third-order valence-corrected chi connectivity index (χ3v) is 4.23. The molecule has 0 aliphatic heterocycles. The molecular weight excluding hydrogens is 389 g/mol. The molecule has 1 aromatic carbocycles. The van der Waals surface area contributed by atoms with Crippen LogP contribution in [0, 0.1) is 9.49 Å². The van der Waals surface area contributed by atoms with E-state index in [4.69, 9.17) is 17.3 Å². The van der Waals surface area contributed by atoms with Crippen LogP contribution in [0.2, 0.25) is 5.02 Å². The number of phenols is 1. The molecule has 0 bridgehead atoms. The highest BCUT2D eigenvalue weighted by Crippen LogP contribution is 2.29. The van der Waals surface area contributed by atoms with Gasteiger partial charge in [0.25, 0.3) is 0 Å². The number of nitrogens with zero attached hydrogens (tertiary/aromatic N) is 2. The molecule has 0 spiro atoms. The molecule has 1 heterocycles. The van der Waals surface area contributed by atoms with E-state index in [0.29, 0.717) is 17.6 Å². The van der Waals surface area contributed by atoms with Crippen molar-refractivity contribution in [3.63, 3.8) is 0 Å². The smallest absolute Gasteiger partial charge is 0.161 e. The Bertz CT molecular complexity index is 647. The zero-order valence-corrected chi connectivity index (χ0v) is 14.1. The average Bonchev–Trinajstić information content (AvgIpc) is 2.37. The van der Waals surface area contributed by atoms with Crippen LogP contribution in [-0.4, -0.2) is 15.1 Å². The predicted octanol–water partition coefficient (Wildman–Crippen LogP) is 3.89. The fourth-order valence-corrected chi connectivity index (χ4v) is 2.45. The highest BCUT2D eigenvalue weighted by Gasteiger charge is 2.13. The van der Waals surface area contributed by atoms with Gasteiger partial charge in [-0.25, -0.2) is 9.97 Å². The second-order valence-corrected chi connectivity index (χ2v) is 6.44. The Balaban J connectivity index is 2.51. The first-order valence-corrected chi connectivity index (χ1v) is 7.65. The molecule has 6 heteroatoms. The van der Waals surface area contributed by atoms with E-state index in [1.54, 1.807) is 12.1 Å². The molecule has 106 valence electrons. The molecule has 0 atom stereocenters. The Hall–Kier alpha value is -1.08. The highest BCUT2D eigenvalue weighted by atomic mass is 127. The van der Waals surface area contributed by atoms with Crippen molar-refractivity contribution in [3.8, 4) is 17.1 Å². The zero-order valence-electron chi connectivity index (χ0n) is 11.2. The van der Waals surface area contributed by atoms with E-state index in [-0.39, 0.29) is 10.8 Å². The summed E-state index contributed by atoms with van der Waals surface area (Å²) in [7, 11) is 0. The van der Waals surface area contributed by atoms with Crippen LogP contribution in [0.5, 0.6) is 5.75 Å². The summed E-state index contributed by atoms with van der Waals surface area (Å²) in [5, 5.41) is 9.74. The van der Waals surface area contributed by atoms with Crippen molar-refractivity contribution < 1.29 is 5.11 Å². The van der Waals surface area contributed by atoms with Gasteiger partial charge in [-0.15, -0.1) is 0 Å². The summed E-state index contributed by atoms with van der Waals surface area (Å²) in [4.78, 5) is 8.88. The monoisotopic (exact) mass is 403 g/mol. The molecule has 0 aliphatic rings. The second-order valence-electron chi connectivity index (χ2n) is 4.96. The van der Waals surface area contributed by atoms with Crippen molar-refractivity contribution in [1.29, 1.82) is 0 Å². The lowest BCUT2D eigenvalue weighted by molar-refractivity contribution is 0.475. The van der Waals surface area contributed by atoms with Crippen LogP contribution in [0.4, 0.5) is 5.82 Å². The van der Waals surface area contributed by atoms with Gasteiger partial charge in [0.1, 0.15) is 11.6 Å². The maximum absolute atomic E-state index is 9.46. The Morgan fingerprint density at radius 1 is 1.35 bits per heavy atom. The van der Waals surface area contributed by atoms with E-state index in [1.165, 1.54) is 6.07 Å². The van der Waals surface area contributed by atoms with Crippen molar-refractivity contribution >= 4 is 40.0 Å². The van der Waals surface area contributed by atoms with Gasteiger partial charge in [-0.3, -0.25) is 0 Å². The van der Waals surface area contributed by atoms with Gasteiger partial charge in [-0.2, -0.15) is 0 Å². The molecule has 0 saturated heterocycles. The average molecular weight is 404 g/mol. The fourth-order valence-electron chi connectivity index (χ4n) is 1.81. The zero-order chi connectivity index (χ0) is 14.9. The Labute approximate surface area is 136 Å². The number of aromatic nitrogens is 2. The van der Waals surface area contributed by atoms with E-state index in [9.17, 15) is 5.11 Å². The van der Waals surface area contributed by atoms with Crippen LogP contribution in [0.25, 0.3) is 11.4 Å². The summed E-state index contributed by atoms with van der Waals surface area (Å²) in [6.07, 6.45) is 0.837. The van der Waals surface area contributed by atoms with E-state index in [1.807, 2.05) is 0 Å². The normalized spacial score (nSPS) is 11.1. The largest absolute Gasteiger partial charge is 0.506 e. The van der Waals surface area contributed by atoms with Gasteiger partial charge in [0.05, 0.1) is 14.3 Å². The summed E-state index contributed by atoms with van der Waals surface area (Å²) in [5.74, 6) is 1.52. The molecule has 2 rings (SSSR count).